The molecule has 1 nitrogen and oxygen atoms in total. The fourth-order valence-electron chi connectivity index (χ4n) is 0. The van der Waals surface area contributed by atoms with Crippen LogP contribution in [0.5, 0.6) is 0 Å². The summed E-state index contributed by atoms with van der Waals surface area (Å²) in [7, 11) is 0. The van der Waals surface area contributed by atoms with Gasteiger partial charge in [-0.25, -0.2) is 0 Å². The summed E-state index contributed by atoms with van der Waals surface area (Å²) in [6, 6.07) is 0. The van der Waals surface area contributed by atoms with Crippen molar-refractivity contribution in [1.29, 1.82) is 0 Å². The topological polar surface area (TPSA) is 17.1 Å². The molecule has 0 unspecified atom stereocenters. The zero-order valence-corrected chi connectivity index (χ0v) is 5.02. The summed E-state index contributed by atoms with van der Waals surface area (Å²) in [5.41, 5.74) is 0. The molecule has 0 spiro atoms. The zero-order valence-electron chi connectivity index (χ0n) is 2.86. The van der Waals surface area contributed by atoms with E-state index in [4.69, 9.17) is 0 Å². The molecule has 0 aliphatic carbocycles. The van der Waals surface area contributed by atoms with Crippen LogP contribution in [-0.2, 0) is 4.79 Å². The monoisotopic (exact) mass is 183 g/mol. The van der Waals surface area contributed by atoms with Crippen molar-refractivity contribution < 1.29 is 4.79 Å². The average molecular weight is 183 g/mol. The van der Waals surface area contributed by atoms with Crippen LogP contribution in [0.2, 0.25) is 0 Å². The van der Waals surface area contributed by atoms with Gasteiger partial charge in [-0.2, -0.15) is 0 Å². The molecular weight excluding hydrogens is 179 g/mol. The van der Waals surface area contributed by atoms with Gasteiger partial charge >= 0.3 is 0 Å². The van der Waals surface area contributed by atoms with E-state index in [0.29, 0.717) is 0 Å². The highest BCUT2D eigenvalue weighted by Gasteiger charge is 1.80. The van der Waals surface area contributed by atoms with E-state index < -0.39 is 0 Å². The van der Waals surface area contributed by atoms with Crippen molar-refractivity contribution in [2.75, 3.05) is 0 Å². The van der Waals surface area contributed by atoms with Gasteiger partial charge in [0.1, 0.15) is 0 Å². The second-order valence-electron chi connectivity index (χ2n) is 0.593. The quantitative estimate of drug-likeness (QED) is 0.440. The molecule has 2 heteroatoms. The van der Waals surface area contributed by atoms with Gasteiger partial charge in [-0.05, 0) is 22.6 Å². The van der Waals surface area contributed by atoms with E-state index in [-0.39, 0.29) is 3.79 Å². The molecule has 0 bridgehead atoms. The average Bonchev–Trinajstić information content (AvgIpc) is 1.38. The van der Waals surface area contributed by atoms with Crippen molar-refractivity contribution in [3.63, 3.8) is 0 Å². The van der Waals surface area contributed by atoms with Crippen LogP contribution in [0.4, 0.5) is 0 Å². The van der Waals surface area contributed by atoms with Crippen LogP contribution < -0.4 is 0 Å². The van der Waals surface area contributed by atoms with Gasteiger partial charge in [0.05, 0.1) is 0 Å². The Bertz CT molecular complexity index is 42.2. The maximum Gasteiger partial charge on any atom is 0.195 e. The highest BCUT2D eigenvalue weighted by atomic mass is 127. The number of rotatable bonds is 1. The van der Waals surface area contributed by atoms with Crippen molar-refractivity contribution in [1.82, 2.24) is 0 Å². The van der Waals surface area contributed by atoms with Crippen molar-refractivity contribution >= 4 is 26.4 Å². The summed E-state index contributed by atoms with van der Waals surface area (Å²) >= 11 is 1.71. The predicted octanol–water partition coefficient (Wildman–Crippen LogP) is 1.17. The van der Waals surface area contributed by atoms with Crippen LogP contribution in [0.3, 0.4) is 0 Å². The third-order valence-corrected chi connectivity index (χ3v) is 0.850. The van der Waals surface area contributed by atoms with Crippen LogP contribution >= 0.6 is 22.6 Å². The number of hydrogen-bond donors (Lipinski definition) is 0. The lowest BCUT2D eigenvalue weighted by atomic mass is 10.6. The first-order chi connectivity index (χ1) is 2.27. The molecule has 0 fully saturated rings. The summed E-state index contributed by atoms with van der Waals surface area (Å²) in [5.74, 6) is 0. The molecule has 5 heavy (non-hydrogen) atoms. The summed E-state index contributed by atoms with van der Waals surface area (Å²) < 4.78 is 0.0996. The number of halogens is 1. The van der Waals surface area contributed by atoms with Crippen molar-refractivity contribution in [2.45, 2.75) is 6.92 Å². The van der Waals surface area contributed by atoms with Gasteiger partial charge in [0.2, 0.25) is 0 Å². The van der Waals surface area contributed by atoms with E-state index in [0.717, 1.165) is 0 Å². The Morgan fingerprint density at radius 2 is 2.20 bits per heavy atom. The molecule has 0 aromatic rings. The maximum atomic E-state index is 9.74. The smallest absolute Gasteiger partial charge is 0.195 e. The number of carbonyl (C=O) groups is 1. The third kappa shape index (κ3) is 4.40. The SMILES string of the molecule is C[CH]C(=O)I. The highest BCUT2D eigenvalue weighted by molar-refractivity contribution is 14.1. The van der Waals surface area contributed by atoms with E-state index in [1.54, 1.807) is 29.5 Å². The lowest BCUT2D eigenvalue weighted by molar-refractivity contribution is -0.106. The summed E-state index contributed by atoms with van der Waals surface area (Å²) in [5, 5.41) is 0. The molecular formula is C3H4IO. The van der Waals surface area contributed by atoms with Gasteiger partial charge in [0.25, 0.3) is 0 Å². The van der Waals surface area contributed by atoms with E-state index in [2.05, 4.69) is 0 Å². The van der Waals surface area contributed by atoms with Gasteiger partial charge in [-0.1, -0.05) is 6.92 Å². The lowest BCUT2D eigenvalue weighted by Gasteiger charge is -1.67. The Hall–Kier alpha value is 0.400. The molecule has 1 radical (unpaired) electrons. The van der Waals surface area contributed by atoms with Gasteiger partial charge in [-0.3, -0.25) is 4.79 Å². The summed E-state index contributed by atoms with van der Waals surface area (Å²) in [6.07, 6.45) is 1.51. The number of carbonyl (C=O) groups excluding carboxylic acids is 1. The lowest BCUT2D eigenvalue weighted by Crippen LogP contribution is -1.74. The van der Waals surface area contributed by atoms with E-state index >= 15 is 0 Å². The molecule has 29 valence electrons. The van der Waals surface area contributed by atoms with Gasteiger partial charge in [-0.15, -0.1) is 0 Å². The first-order valence-electron chi connectivity index (χ1n) is 1.26. The molecule has 0 rings (SSSR count). The molecule has 0 aromatic carbocycles. The van der Waals surface area contributed by atoms with E-state index in [1.165, 1.54) is 6.42 Å². The third-order valence-electron chi connectivity index (χ3n) is 0.227. The molecule has 0 saturated heterocycles. The van der Waals surface area contributed by atoms with Crippen molar-refractivity contribution in [3.05, 3.63) is 6.42 Å². The second-order valence-corrected chi connectivity index (χ2v) is 1.66. The normalized spacial score (nSPS) is 7.60. The first kappa shape index (κ1) is 5.40. The molecule has 0 N–H and O–H groups in total. The summed E-state index contributed by atoms with van der Waals surface area (Å²) in [4.78, 5) is 9.74. The highest BCUT2D eigenvalue weighted by Crippen LogP contribution is 1.85. The largest absolute Gasteiger partial charge is 0.287 e. The van der Waals surface area contributed by atoms with Crippen LogP contribution in [0.25, 0.3) is 0 Å². The fourth-order valence-corrected chi connectivity index (χ4v) is 0. The van der Waals surface area contributed by atoms with E-state index in [9.17, 15) is 4.79 Å². The first-order valence-corrected chi connectivity index (χ1v) is 2.34. The minimum absolute atomic E-state index is 0.0996. The van der Waals surface area contributed by atoms with Crippen LogP contribution in [-0.4, -0.2) is 3.79 Å². The molecule has 0 heterocycles. The van der Waals surface area contributed by atoms with Crippen LogP contribution in [0.1, 0.15) is 6.92 Å². The minimum atomic E-state index is 0.0996. The molecule has 0 atom stereocenters. The predicted molar refractivity (Wildman–Crippen MR) is 29.0 cm³/mol. The number of hydrogen-bond acceptors (Lipinski definition) is 1. The molecule has 0 aliphatic rings. The second kappa shape index (κ2) is 2.63. The van der Waals surface area contributed by atoms with Crippen molar-refractivity contribution in [2.24, 2.45) is 0 Å². The van der Waals surface area contributed by atoms with Crippen LogP contribution in [0, 0.1) is 6.42 Å². The summed E-state index contributed by atoms with van der Waals surface area (Å²) in [6.45, 7) is 1.72. The molecule has 0 saturated carbocycles. The Morgan fingerprint density at radius 3 is 2.20 bits per heavy atom. The molecule has 0 aliphatic heterocycles. The van der Waals surface area contributed by atoms with Gasteiger partial charge in [0.15, 0.2) is 3.79 Å². The maximum absolute atomic E-state index is 9.74. The minimum Gasteiger partial charge on any atom is -0.287 e. The molecule has 0 aromatic heterocycles. The van der Waals surface area contributed by atoms with Gasteiger partial charge in [0, 0.05) is 6.42 Å². The molecule has 0 amide bonds. The Morgan fingerprint density at radius 1 is 2.00 bits per heavy atom. The van der Waals surface area contributed by atoms with E-state index in [1.807, 2.05) is 0 Å². The standard InChI is InChI=1S/C3H4IO/c1-2-3(4)5/h2H,1H3. The fraction of sp³-hybridized carbons (Fsp3) is 0.333. The van der Waals surface area contributed by atoms with Crippen LogP contribution in [0.15, 0.2) is 0 Å². The van der Waals surface area contributed by atoms with Crippen molar-refractivity contribution in [3.8, 4) is 0 Å². The van der Waals surface area contributed by atoms with Gasteiger partial charge < -0.3 is 0 Å². The Labute approximate surface area is 44.9 Å². The Balaban J connectivity index is 2.85. The Kier molecular flexibility index (Phi) is 2.84. The zero-order chi connectivity index (χ0) is 4.28.